The van der Waals surface area contributed by atoms with Crippen LogP contribution in [0.2, 0.25) is 0 Å². The summed E-state index contributed by atoms with van der Waals surface area (Å²) in [5.41, 5.74) is 1.29. The first-order valence-electron chi connectivity index (χ1n) is 12.8. The summed E-state index contributed by atoms with van der Waals surface area (Å²) >= 11 is 1.60. The van der Waals surface area contributed by atoms with Crippen LogP contribution in [0.5, 0.6) is 5.75 Å². The molecule has 0 N–H and O–H groups in total. The van der Waals surface area contributed by atoms with Crippen molar-refractivity contribution in [3.05, 3.63) is 48.0 Å². The van der Waals surface area contributed by atoms with Crippen molar-refractivity contribution in [2.75, 3.05) is 71.0 Å². The molecule has 2 aromatic carbocycles. The first kappa shape index (κ1) is 27.2. The van der Waals surface area contributed by atoms with Crippen molar-refractivity contribution in [1.29, 1.82) is 0 Å². The number of carbonyl (C=O) groups excluding carboxylic acids is 2. The van der Waals surface area contributed by atoms with E-state index >= 15 is 0 Å². The number of carbonyl (C=O) groups is 2. The van der Waals surface area contributed by atoms with Crippen LogP contribution in [-0.4, -0.2) is 106 Å². The lowest BCUT2D eigenvalue weighted by Gasteiger charge is -2.34. The van der Waals surface area contributed by atoms with Gasteiger partial charge in [-0.25, -0.2) is 18.2 Å². The molecule has 3 aromatic rings. The van der Waals surface area contributed by atoms with Gasteiger partial charge in [0.05, 0.1) is 23.3 Å². The Labute approximate surface area is 231 Å². The van der Waals surface area contributed by atoms with Crippen molar-refractivity contribution >= 4 is 48.7 Å². The Morgan fingerprint density at radius 2 is 1.59 bits per heavy atom. The maximum Gasteiger partial charge on any atom is 0.409 e. The molecule has 3 heterocycles. The van der Waals surface area contributed by atoms with Crippen LogP contribution >= 0.6 is 11.3 Å². The van der Waals surface area contributed by atoms with E-state index in [4.69, 9.17) is 14.5 Å². The fraction of sp³-hybridized carbons (Fsp3) is 0.423. The average Bonchev–Trinajstić information content (AvgIpc) is 3.42. The number of hydrogen-bond donors (Lipinski definition) is 0. The molecule has 0 atom stereocenters. The number of ether oxygens (including phenoxy) is 2. The maximum atomic E-state index is 13.2. The van der Waals surface area contributed by atoms with E-state index < -0.39 is 16.1 Å². The summed E-state index contributed by atoms with van der Waals surface area (Å²) in [6.45, 7) is 5.30. The summed E-state index contributed by atoms with van der Waals surface area (Å²) in [6.07, 6.45) is -0.432. The van der Waals surface area contributed by atoms with Crippen molar-refractivity contribution in [1.82, 2.24) is 19.1 Å². The highest BCUT2D eigenvalue weighted by molar-refractivity contribution is 7.89. The number of piperazine rings is 2. The summed E-state index contributed by atoms with van der Waals surface area (Å²) in [5, 5.41) is 0.902. The molecule has 2 saturated heterocycles. The van der Waals surface area contributed by atoms with Gasteiger partial charge in [0, 0.05) is 57.9 Å². The number of para-hydroxylation sites is 1. The molecule has 2 fully saturated rings. The molecule has 0 radical (unpaired) electrons. The Morgan fingerprint density at radius 3 is 2.23 bits per heavy atom. The minimum atomic E-state index is -3.74. The third-order valence-corrected chi connectivity index (χ3v) is 9.93. The molecule has 0 aliphatic carbocycles. The van der Waals surface area contributed by atoms with Gasteiger partial charge >= 0.3 is 6.09 Å². The molecule has 2 amide bonds. The van der Waals surface area contributed by atoms with Crippen molar-refractivity contribution < 1.29 is 27.5 Å². The molecule has 2 aliphatic heterocycles. The summed E-state index contributed by atoms with van der Waals surface area (Å²) < 4.78 is 39.1. The number of rotatable bonds is 6. The third-order valence-electron chi connectivity index (χ3n) is 6.93. The highest BCUT2D eigenvalue weighted by Gasteiger charge is 2.31. The van der Waals surface area contributed by atoms with E-state index in [2.05, 4.69) is 4.90 Å². The lowest BCUT2D eigenvalue weighted by Crippen LogP contribution is -2.50. The van der Waals surface area contributed by atoms with E-state index in [0.29, 0.717) is 31.7 Å². The Morgan fingerprint density at radius 1 is 0.923 bits per heavy atom. The predicted octanol–water partition coefficient (Wildman–Crippen LogP) is 2.73. The van der Waals surface area contributed by atoms with Gasteiger partial charge in [-0.2, -0.15) is 4.31 Å². The number of aromatic nitrogens is 1. The van der Waals surface area contributed by atoms with Crippen LogP contribution in [-0.2, 0) is 14.8 Å². The first-order chi connectivity index (χ1) is 18.8. The molecule has 11 nitrogen and oxygen atoms in total. The van der Waals surface area contributed by atoms with Crippen molar-refractivity contribution in [2.45, 2.75) is 11.8 Å². The molecule has 0 saturated carbocycles. The van der Waals surface area contributed by atoms with E-state index in [1.54, 1.807) is 42.4 Å². The SMILES string of the molecule is CCOC(=O)N1CCN(S(=O)(=O)c2ccc(C(=O)N3CCN(c4nc5c(OC)cccc5s4)CC3)cc2)CC1. The number of amides is 2. The van der Waals surface area contributed by atoms with Gasteiger partial charge in [-0.05, 0) is 43.3 Å². The van der Waals surface area contributed by atoms with Crippen molar-refractivity contribution in [3.8, 4) is 5.75 Å². The average molecular weight is 574 g/mol. The molecule has 5 rings (SSSR count). The first-order valence-corrected chi connectivity index (χ1v) is 15.1. The van der Waals surface area contributed by atoms with Crippen LogP contribution in [0.15, 0.2) is 47.4 Å². The second-order valence-electron chi connectivity index (χ2n) is 9.20. The van der Waals surface area contributed by atoms with Gasteiger partial charge in [0.15, 0.2) is 5.13 Å². The quantitative estimate of drug-likeness (QED) is 0.443. The lowest BCUT2D eigenvalue weighted by molar-refractivity contribution is 0.0746. The molecule has 0 bridgehead atoms. The predicted molar refractivity (Wildman–Crippen MR) is 148 cm³/mol. The Hall–Kier alpha value is -3.42. The smallest absolute Gasteiger partial charge is 0.409 e. The van der Waals surface area contributed by atoms with E-state index in [-0.39, 0.29) is 43.6 Å². The Bertz CT molecular complexity index is 1440. The number of hydrogen-bond acceptors (Lipinski definition) is 9. The van der Waals surface area contributed by atoms with Crippen LogP contribution in [0.3, 0.4) is 0 Å². The third kappa shape index (κ3) is 5.52. The highest BCUT2D eigenvalue weighted by Crippen LogP contribution is 2.34. The molecule has 2 aliphatic rings. The number of thiazole rings is 1. The zero-order valence-electron chi connectivity index (χ0n) is 21.9. The molecule has 208 valence electrons. The van der Waals surface area contributed by atoms with Crippen LogP contribution in [0.1, 0.15) is 17.3 Å². The largest absolute Gasteiger partial charge is 0.494 e. The van der Waals surface area contributed by atoms with Gasteiger partial charge in [0.2, 0.25) is 10.0 Å². The van der Waals surface area contributed by atoms with Crippen LogP contribution in [0, 0.1) is 0 Å². The minimum Gasteiger partial charge on any atom is -0.494 e. The van der Waals surface area contributed by atoms with Gasteiger partial charge in [0.25, 0.3) is 5.91 Å². The fourth-order valence-corrected chi connectivity index (χ4v) is 7.20. The van der Waals surface area contributed by atoms with E-state index in [0.717, 1.165) is 21.1 Å². The minimum absolute atomic E-state index is 0.125. The molecule has 0 spiro atoms. The maximum absolute atomic E-state index is 13.2. The number of anilines is 1. The fourth-order valence-electron chi connectivity index (χ4n) is 4.74. The molecule has 1 aromatic heterocycles. The van der Waals surface area contributed by atoms with Crippen LogP contribution in [0.4, 0.5) is 9.93 Å². The lowest BCUT2D eigenvalue weighted by atomic mass is 10.2. The molecular weight excluding hydrogens is 542 g/mol. The van der Waals surface area contributed by atoms with Gasteiger partial charge in [-0.1, -0.05) is 17.4 Å². The zero-order chi connectivity index (χ0) is 27.6. The summed E-state index contributed by atoms with van der Waals surface area (Å²) in [5.74, 6) is 0.612. The number of sulfonamides is 1. The Kier molecular flexibility index (Phi) is 7.91. The standard InChI is InChI=1S/C26H31N5O6S2/c1-3-37-26(33)30-15-17-31(18-16-30)39(34,35)20-9-7-19(8-10-20)24(32)28-11-13-29(14-12-28)25-27-23-21(36-2)5-4-6-22(23)38-25/h4-10H,3,11-18H2,1-2H3. The number of benzene rings is 2. The van der Waals surface area contributed by atoms with Gasteiger partial charge in [-0.3, -0.25) is 4.79 Å². The molecule has 39 heavy (non-hydrogen) atoms. The van der Waals surface area contributed by atoms with E-state index in [1.807, 2.05) is 18.2 Å². The van der Waals surface area contributed by atoms with E-state index in [1.165, 1.54) is 21.3 Å². The molecule has 13 heteroatoms. The number of methoxy groups -OCH3 is 1. The highest BCUT2D eigenvalue weighted by atomic mass is 32.2. The second kappa shape index (κ2) is 11.4. The summed E-state index contributed by atoms with van der Waals surface area (Å²) in [6, 6.07) is 11.9. The summed E-state index contributed by atoms with van der Waals surface area (Å²) in [4.78, 5) is 35.4. The van der Waals surface area contributed by atoms with Gasteiger partial charge in [-0.15, -0.1) is 0 Å². The monoisotopic (exact) mass is 573 g/mol. The van der Waals surface area contributed by atoms with E-state index in [9.17, 15) is 18.0 Å². The Balaban J connectivity index is 1.18. The number of nitrogens with zero attached hydrogens (tertiary/aromatic N) is 5. The normalized spacial score (nSPS) is 16.9. The second-order valence-corrected chi connectivity index (χ2v) is 12.1. The number of fused-ring (bicyclic) bond motifs is 1. The van der Waals surface area contributed by atoms with Gasteiger partial charge < -0.3 is 24.2 Å². The van der Waals surface area contributed by atoms with Gasteiger partial charge in [0.1, 0.15) is 11.3 Å². The van der Waals surface area contributed by atoms with Crippen LogP contribution < -0.4 is 9.64 Å². The molecule has 0 unspecified atom stereocenters. The topological polar surface area (TPSA) is 113 Å². The van der Waals surface area contributed by atoms with Crippen molar-refractivity contribution in [3.63, 3.8) is 0 Å². The summed E-state index contributed by atoms with van der Waals surface area (Å²) in [7, 11) is -2.10. The van der Waals surface area contributed by atoms with Crippen LogP contribution in [0.25, 0.3) is 10.2 Å². The zero-order valence-corrected chi connectivity index (χ0v) is 23.5. The van der Waals surface area contributed by atoms with Crippen molar-refractivity contribution in [2.24, 2.45) is 0 Å². The molecular formula is C26H31N5O6S2.